The molecule has 0 aromatic heterocycles. The third-order valence-electron chi connectivity index (χ3n) is 13.0. The van der Waals surface area contributed by atoms with Crippen LogP contribution in [0.3, 0.4) is 0 Å². The van der Waals surface area contributed by atoms with E-state index in [2.05, 4.69) is 220 Å². The summed E-state index contributed by atoms with van der Waals surface area (Å²) in [6.07, 6.45) is 0. The van der Waals surface area contributed by atoms with Gasteiger partial charge in [-0.05, 0) is 115 Å². The lowest BCUT2D eigenvalue weighted by Crippen LogP contribution is -2.24. The van der Waals surface area contributed by atoms with Crippen molar-refractivity contribution in [3.63, 3.8) is 0 Å². The van der Waals surface area contributed by atoms with E-state index in [4.69, 9.17) is 0 Å². The molecule has 0 unspecified atom stereocenters. The van der Waals surface area contributed by atoms with Gasteiger partial charge in [-0.15, -0.1) is 0 Å². The van der Waals surface area contributed by atoms with Crippen molar-refractivity contribution >= 4 is 38.6 Å². The summed E-state index contributed by atoms with van der Waals surface area (Å²) in [6.45, 7) is 7.23. The normalized spacial score (nSPS) is 14.3. The van der Waals surface area contributed by atoms with Crippen LogP contribution >= 0.6 is 0 Å². The number of benzene rings is 9. The molecule has 0 saturated heterocycles. The molecule has 0 radical (unpaired) electrons. The Labute approximate surface area is 329 Å². The standard InChI is InChI=1S/C55H41N/c1-54(2)51-34-39(55(3)49-23-10-8-20-45(49)46-21-9-11-24-50(46)55)28-32-47(51)48-33-31-41(35-52(48)54)56(53-25-13-17-37-15-5-7-19-44(37)53)40-29-26-38(27-30-40)43-22-12-16-36-14-4-6-18-42(36)43/h4-35H,1-3H3. The summed E-state index contributed by atoms with van der Waals surface area (Å²) < 4.78 is 0. The van der Waals surface area contributed by atoms with Crippen LogP contribution in [-0.4, -0.2) is 0 Å². The van der Waals surface area contributed by atoms with Crippen molar-refractivity contribution in [3.8, 4) is 33.4 Å². The highest BCUT2D eigenvalue weighted by Crippen LogP contribution is 2.56. The highest BCUT2D eigenvalue weighted by atomic mass is 15.1. The Balaban J connectivity index is 1.04. The number of hydrogen-bond acceptors (Lipinski definition) is 1. The Morgan fingerprint density at radius 1 is 0.357 bits per heavy atom. The highest BCUT2D eigenvalue weighted by molar-refractivity contribution is 6.00. The molecule has 0 spiro atoms. The van der Waals surface area contributed by atoms with Crippen LogP contribution < -0.4 is 4.90 Å². The number of nitrogens with zero attached hydrogens (tertiary/aromatic N) is 1. The SMILES string of the molecule is CC1(C)c2cc(N(c3ccc(-c4cccc5ccccc45)cc3)c3cccc4ccccc34)ccc2-c2ccc(C3(C)c4ccccc4-c4ccccc43)cc21. The molecule has 1 heteroatoms. The first-order valence-corrected chi connectivity index (χ1v) is 19.8. The van der Waals surface area contributed by atoms with E-state index in [9.17, 15) is 0 Å². The van der Waals surface area contributed by atoms with Crippen LogP contribution in [0.4, 0.5) is 17.1 Å². The lowest BCUT2D eigenvalue weighted by Gasteiger charge is -2.31. The van der Waals surface area contributed by atoms with E-state index in [1.54, 1.807) is 0 Å². The number of hydrogen-bond donors (Lipinski definition) is 0. The zero-order chi connectivity index (χ0) is 37.6. The molecule has 0 aliphatic heterocycles. The molecule has 9 aromatic rings. The van der Waals surface area contributed by atoms with Gasteiger partial charge in [-0.3, -0.25) is 0 Å². The molecule has 0 amide bonds. The number of fused-ring (bicyclic) bond motifs is 8. The monoisotopic (exact) mass is 715 g/mol. The molecule has 0 bridgehead atoms. The molecule has 9 aromatic carbocycles. The third-order valence-corrected chi connectivity index (χ3v) is 13.0. The van der Waals surface area contributed by atoms with Crippen LogP contribution in [0, 0.1) is 0 Å². The first kappa shape index (κ1) is 32.7. The van der Waals surface area contributed by atoms with Gasteiger partial charge in [0.25, 0.3) is 0 Å². The molecular formula is C55H41N. The zero-order valence-electron chi connectivity index (χ0n) is 31.9. The summed E-state index contributed by atoms with van der Waals surface area (Å²) in [5.74, 6) is 0. The molecule has 2 aliphatic rings. The number of anilines is 3. The molecule has 0 N–H and O–H groups in total. The van der Waals surface area contributed by atoms with Gasteiger partial charge in [0.2, 0.25) is 0 Å². The van der Waals surface area contributed by atoms with Crippen LogP contribution in [0.2, 0.25) is 0 Å². The van der Waals surface area contributed by atoms with E-state index in [-0.39, 0.29) is 10.8 Å². The maximum Gasteiger partial charge on any atom is 0.0540 e. The van der Waals surface area contributed by atoms with Crippen LogP contribution in [0.5, 0.6) is 0 Å². The van der Waals surface area contributed by atoms with Crippen molar-refractivity contribution in [2.75, 3.05) is 4.90 Å². The summed E-state index contributed by atoms with van der Waals surface area (Å²) in [4.78, 5) is 2.45. The number of rotatable bonds is 5. The second-order valence-corrected chi connectivity index (χ2v) is 16.2. The zero-order valence-corrected chi connectivity index (χ0v) is 31.9. The lowest BCUT2D eigenvalue weighted by atomic mass is 9.72. The van der Waals surface area contributed by atoms with Gasteiger partial charge in [-0.1, -0.05) is 178 Å². The van der Waals surface area contributed by atoms with Gasteiger partial charge in [0.15, 0.2) is 0 Å². The first-order chi connectivity index (χ1) is 27.4. The fourth-order valence-electron chi connectivity index (χ4n) is 10.0. The minimum Gasteiger partial charge on any atom is -0.310 e. The van der Waals surface area contributed by atoms with E-state index in [1.807, 2.05) is 0 Å². The van der Waals surface area contributed by atoms with Crippen molar-refractivity contribution in [2.24, 2.45) is 0 Å². The summed E-state index contributed by atoms with van der Waals surface area (Å²) >= 11 is 0. The van der Waals surface area contributed by atoms with Gasteiger partial charge in [-0.25, -0.2) is 0 Å². The minimum atomic E-state index is -0.235. The van der Waals surface area contributed by atoms with E-state index in [1.165, 1.54) is 88.4 Å². The van der Waals surface area contributed by atoms with Gasteiger partial charge < -0.3 is 4.90 Å². The smallest absolute Gasteiger partial charge is 0.0540 e. The molecule has 0 heterocycles. The summed E-state index contributed by atoms with van der Waals surface area (Å²) in [6, 6.07) is 72.1. The predicted octanol–water partition coefficient (Wildman–Crippen LogP) is 14.8. The minimum absolute atomic E-state index is 0.201. The first-order valence-electron chi connectivity index (χ1n) is 19.8. The van der Waals surface area contributed by atoms with Crippen LogP contribution in [0.1, 0.15) is 48.6 Å². The molecular weight excluding hydrogens is 675 g/mol. The van der Waals surface area contributed by atoms with Crippen molar-refractivity contribution in [2.45, 2.75) is 31.6 Å². The highest BCUT2D eigenvalue weighted by Gasteiger charge is 2.43. The Morgan fingerprint density at radius 3 is 1.57 bits per heavy atom. The van der Waals surface area contributed by atoms with Gasteiger partial charge >= 0.3 is 0 Å². The topological polar surface area (TPSA) is 3.24 Å². The van der Waals surface area contributed by atoms with Crippen molar-refractivity contribution < 1.29 is 0 Å². The van der Waals surface area contributed by atoms with Gasteiger partial charge in [0, 0.05) is 27.6 Å². The molecule has 2 aliphatic carbocycles. The molecule has 1 nitrogen and oxygen atoms in total. The van der Waals surface area contributed by atoms with Gasteiger partial charge in [-0.2, -0.15) is 0 Å². The molecule has 11 rings (SSSR count). The van der Waals surface area contributed by atoms with E-state index < -0.39 is 0 Å². The van der Waals surface area contributed by atoms with E-state index in [0.717, 1.165) is 11.4 Å². The summed E-state index contributed by atoms with van der Waals surface area (Å²) in [5.41, 5.74) is 17.7. The molecule has 0 fully saturated rings. The Bertz CT molecular complexity index is 2960. The molecule has 0 saturated carbocycles. The summed E-state index contributed by atoms with van der Waals surface area (Å²) in [7, 11) is 0. The van der Waals surface area contributed by atoms with Crippen LogP contribution in [0.25, 0.3) is 54.9 Å². The average molecular weight is 716 g/mol. The average Bonchev–Trinajstić information content (AvgIpc) is 3.65. The van der Waals surface area contributed by atoms with Crippen LogP contribution in [-0.2, 0) is 10.8 Å². The van der Waals surface area contributed by atoms with Crippen molar-refractivity contribution in [1.82, 2.24) is 0 Å². The third kappa shape index (κ3) is 4.67. The molecule has 56 heavy (non-hydrogen) atoms. The fraction of sp³-hybridized carbons (Fsp3) is 0.0909. The predicted molar refractivity (Wildman–Crippen MR) is 237 cm³/mol. The maximum absolute atomic E-state index is 2.52. The second-order valence-electron chi connectivity index (χ2n) is 16.2. The van der Waals surface area contributed by atoms with Gasteiger partial charge in [0.1, 0.15) is 0 Å². The fourth-order valence-corrected chi connectivity index (χ4v) is 10.0. The summed E-state index contributed by atoms with van der Waals surface area (Å²) in [5, 5.41) is 4.98. The van der Waals surface area contributed by atoms with E-state index in [0.29, 0.717) is 0 Å². The Kier molecular flexibility index (Phi) is 7.10. The van der Waals surface area contributed by atoms with Crippen molar-refractivity contribution in [1.29, 1.82) is 0 Å². The van der Waals surface area contributed by atoms with E-state index >= 15 is 0 Å². The largest absolute Gasteiger partial charge is 0.310 e. The van der Waals surface area contributed by atoms with Crippen LogP contribution in [0.15, 0.2) is 194 Å². The van der Waals surface area contributed by atoms with Gasteiger partial charge in [0.05, 0.1) is 5.69 Å². The maximum atomic E-state index is 2.52. The quantitative estimate of drug-likeness (QED) is 0.171. The Morgan fingerprint density at radius 2 is 0.857 bits per heavy atom. The van der Waals surface area contributed by atoms with Crippen molar-refractivity contribution in [3.05, 3.63) is 222 Å². The second kappa shape index (κ2) is 12.2. The molecule has 0 atom stereocenters. The molecule has 266 valence electrons. The lowest BCUT2D eigenvalue weighted by molar-refractivity contribution is 0.652. The Hall–Kier alpha value is -6.70.